The Morgan fingerprint density at radius 1 is 1.17 bits per heavy atom. The molecule has 3 amide bonds. The molecule has 0 saturated carbocycles. The minimum atomic E-state index is -0.667. The van der Waals surface area contributed by atoms with Crippen LogP contribution >= 0.6 is 11.8 Å². The fourth-order valence-corrected chi connectivity index (χ4v) is 4.20. The summed E-state index contributed by atoms with van der Waals surface area (Å²) in [6.45, 7) is 3.36. The molecule has 1 heterocycles. The number of hydrogen-bond acceptors (Lipinski definition) is 6. The maximum atomic E-state index is 12.5. The summed E-state index contributed by atoms with van der Waals surface area (Å²) in [5.41, 5.74) is 2.82. The Bertz CT molecular complexity index is 1020. The number of carbonyl (C=O) groups is 4. The SMILES string of the molecule is Cc1ccc(C)c(NC(=O)COC(=O)c2ccccc2SC2CC(=O)N(C)C2=O)c1. The number of amides is 3. The van der Waals surface area contributed by atoms with Crippen LogP contribution in [0.3, 0.4) is 0 Å². The molecule has 1 saturated heterocycles. The predicted octanol–water partition coefficient (Wildman–Crippen LogP) is 2.95. The van der Waals surface area contributed by atoms with Crippen LogP contribution in [0.15, 0.2) is 47.4 Å². The number of aryl methyl sites for hydroxylation is 2. The van der Waals surface area contributed by atoms with E-state index in [1.807, 2.05) is 32.0 Å². The van der Waals surface area contributed by atoms with E-state index in [-0.39, 0.29) is 23.8 Å². The molecule has 2 aromatic carbocycles. The van der Waals surface area contributed by atoms with Crippen molar-refractivity contribution in [2.75, 3.05) is 19.0 Å². The van der Waals surface area contributed by atoms with Gasteiger partial charge in [0.25, 0.3) is 5.91 Å². The Morgan fingerprint density at radius 2 is 1.90 bits per heavy atom. The number of carbonyl (C=O) groups excluding carboxylic acids is 4. The van der Waals surface area contributed by atoms with Crippen LogP contribution in [0.1, 0.15) is 27.9 Å². The molecule has 0 bridgehead atoms. The zero-order chi connectivity index (χ0) is 21.8. The van der Waals surface area contributed by atoms with Gasteiger partial charge in [0.05, 0.1) is 10.8 Å². The first-order valence-electron chi connectivity index (χ1n) is 9.36. The number of anilines is 1. The molecule has 0 spiro atoms. The Labute approximate surface area is 178 Å². The van der Waals surface area contributed by atoms with E-state index >= 15 is 0 Å². The lowest BCUT2D eigenvalue weighted by Gasteiger charge is -2.13. The van der Waals surface area contributed by atoms with E-state index in [1.165, 1.54) is 7.05 Å². The number of nitrogens with zero attached hydrogens (tertiary/aromatic N) is 1. The van der Waals surface area contributed by atoms with Crippen LogP contribution in [0, 0.1) is 13.8 Å². The average Bonchev–Trinajstić information content (AvgIpc) is 2.96. The molecular weight excluding hydrogens is 404 g/mol. The van der Waals surface area contributed by atoms with Crippen LogP contribution in [0.25, 0.3) is 0 Å². The second kappa shape index (κ2) is 9.13. The highest BCUT2D eigenvalue weighted by atomic mass is 32.2. The summed E-state index contributed by atoms with van der Waals surface area (Å²) < 4.78 is 5.18. The second-order valence-electron chi connectivity index (χ2n) is 7.04. The molecule has 0 radical (unpaired) electrons. The molecule has 2 aromatic rings. The number of imide groups is 1. The number of hydrogen-bond donors (Lipinski definition) is 1. The zero-order valence-corrected chi connectivity index (χ0v) is 17.7. The highest BCUT2D eigenvalue weighted by Crippen LogP contribution is 2.33. The summed E-state index contributed by atoms with van der Waals surface area (Å²) in [4.78, 5) is 50.3. The summed E-state index contributed by atoms with van der Waals surface area (Å²) in [6.07, 6.45) is 0.0850. The standard InChI is InChI=1S/C22H22N2O5S/c1-13-8-9-14(2)16(10-13)23-19(25)12-29-22(28)15-6-4-5-7-17(15)30-18-11-20(26)24(3)21(18)27/h4-10,18H,11-12H2,1-3H3,(H,23,25). The summed E-state index contributed by atoms with van der Waals surface area (Å²) in [7, 11) is 1.44. The van der Waals surface area contributed by atoms with E-state index in [1.54, 1.807) is 24.3 Å². The number of thioether (sulfide) groups is 1. The van der Waals surface area contributed by atoms with Crippen LogP contribution in [-0.4, -0.2) is 47.5 Å². The molecule has 1 N–H and O–H groups in total. The summed E-state index contributed by atoms with van der Waals surface area (Å²) in [5.74, 6) is -1.65. The lowest BCUT2D eigenvalue weighted by atomic mass is 10.1. The van der Waals surface area contributed by atoms with Gasteiger partial charge in [-0.15, -0.1) is 11.8 Å². The number of benzene rings is 2. The first-order valence-corrected chi connectivity index (χ1v) is 10.2. The number of esters is 1. The van der Waals surface area contributed by atoms with E-state index in [4.69, 9.17) is 4.74 Å². The van der Waals surface area contributed by atoms with Crippen LogP contribution in [0.4, 0.5) is 5.69 Å². The minimum absolute atomic E-state index is 0.0850. The Hall–Kier alpha value is -3.13. The molecule has 1 unspecified atom stereocenters. The van der Waals surface area contributed by atoms with Crippen LogP contribution in [0.5, 0.6) is 0 Å². The van der Waals surface area contributed by atoms with Crippen molar-refractivity contribution in [1.29, 1.82) is 0 Å². The van der Waals surface area contributed by atoms with Crippen LogP contribution in [0.2, 0.25) is 0 Å². The smallest absolute Gasteiger partial charge is 0.339 e. The van der Waals surface area contributed by atoms with Gasteiger partial charge in [0.15, 0.2) is 6.61 Å². The van der Waals surface area contributed by atoms with Gasteiger partial charge in [-0.1, -0.05) is 24.3 Å². The third-order valence-corrected chi connectivity index (χ3v) is 5.98. The molecule has 0 aliphatic carbocycles. The molecule has 1 aliphatic heterocycles. The summed E-state index contributed by atoms with van der Waals surface area (Å²) in [5, 5.41) is 2.16. The monoisotopic (exact) mass is 426 g/mol. The third-order valence-electron chi connectivity index (χ3n) is 4.72. The van der Waals surface area contributed by atoms with Gasteiger partial charge in [-0.05, 0) is 43.2 Å². The predicted molar refractivity (Wildman–Crippen MR) is 113 cm³/mol. The van der Waals surface area contributed by atoms with Crippen molar-refractivity contribution in [1.82, 2.24) is 4.90 Å². The first-order chi connectivity index (χ1) is 14.3. The molecule has 3 rings (SSSR count). The second-order valence-corrected chi connectivity index (χ2v) is 8.29. The van der Waals surface area contributed by atoms with E-state index < -0.39 is 23.7 Å². The van der Waals surface area contributed by atoms with E-state index in [2.05, 4.69) is 5.32 Å². The van der Waals surface area contributed by atoms with Gasteiger partial charge in [0, 0.05) is 24.1 Å². The third kappa shape index (κ3) is 4.88. The maximum Gasteiger partial charge on any atom is 0.339 e. The number of rotatable bonds is 6. The number of nitrogens with one attached hydrogen (secondary N) is 1. The Morgan fingerprint density at radius 3 is 2.60 bits per heavy atom. The molecule has 156 valence electrons. The molecular formula is C22H22N2O5S. The van der Waals surface area contributed by atoms with Gasteiger partial charge in [-0.25, -0.2) is 4.79 Å². The first kappa shape index (κ1) is 21.6. The maximum absolute atomic E-state index is 12.5. The van der Waals surface area contributed by atoms with E-state index in [9.17, 15) is 19.2 Å². The lowest BCUT2D eigenvalue weighted by molar-refractivity contribution is -0.136. The minimum Gasteiger partial charge on any atom is -0.452 e. The van der Waals surface area contributed by atoms with Gasteiger partial charge < -0.3 is 10.1 Å². The molecule has 30 heavy (non-hydrogen) atoms. The molecule has 8 heteroatoms. The molecule has 1 atom stereocenters. The summed E-state index contributed by atoms with van der Waals surface area (Å²) in [6, 6.07) is 12.3. The highest BCUT2D eigenvalue weighted by Gasteiger charge is 2.37. The van der Waals surface area contributed by atoms with Crippen molar-refractivity contribution in [2.45, 2.75) is 30.4 Å². The molecule has 0 aromatic heterocycles. The fourth-order valence-electron chi connectivity index (χ4n) is 2.97. The Balaban J connectivity index is 1.63. The largest absolute Gasteiger partial charge is 0.452 e. The molecule has 7 nitrogen and oxygen atoms in total. The normalized spacial score (nSPS) is 16.0. The van der Waals surface area contributed by atoms with Gasteiger partial charge in [0.1, 0.15) is 0 Å². The zero-order valence-electron chi connectivity index (χ0n) is 16.9. The van der Waals surface area contributed by atoms with Crippen molar-refractivity contribution >= 4 is 41.1 Å². The van der Waals surface area contributed by atoms with Crippen molar-refractivity contribution in [2.24, 2.45) is 0 Å². The topological polar surface area (TPSA) is 92.8 Å². The van der Waals surface area contributed by atoms with Gasteiger partial charge in [-0.2, -0.15) is 0 Å². The van der Waals surface area contributed by atoms with Crippen LogP contribution < -0.4 is 5.32 Å². The van der Waals surface area contributed by atoms with E-state index in [0.717, 1.165) is 27.8 Å². The molecule has 1 aliphatic rings. The summed E-state index contributed by atoms with van der Waals surface area (Å²) >= 11 is 1.15. The average molecular weight is 426 g/mol. The van der Waals surface area contributed by atoms with Gasteiger partial charge in [-0.3, -0.25) is 19.3 Å². The van der Waals surface area contributed by atoms with Crippen LogP contribution in [-0.2, 0) is 19.1 Å². The Kier molecular flexibility index (Phi) is 6.56. The molecule has 1 fully saturated rings. The lowest BCUT2D eigenvalue weighted by Crippen LogP contribution is -2.26. The highest BCUT2D eigenvalue weighted by molar-refractivity contribution is 8.00. The van der Waals surface area contributed by atoms with Gasteiger partial charge >= 0.3 is 5.97 Å². The van der Waals surface area contributed by atoms with Crippen molar-refractivity contribution in [3.05, 3.63) is 59.2 Å². The van der Waals surface area contributed by atoms with Gasteiger partial charge in [0.2, 0.25) is 11.8 Å². The van der Waals surface area contributed by atoms with Crippen molar-refractivity contribution < 1.29 is 23.9 Å². The quantitative estimate of drug-likeness (QED) is 0.564. The van der Waals surface area contributed by atoms with E-state index in [0.29, 0.717) is 10.6 Å². The van der Waals surface area contributed by atoms with Crippen molar-refractivity contribution in [3.8, 4) is 0 Å². The number of likely N-dealkylation sites (tertiary alicyclic amines) is 1. The number of ether oxygens (including phenoxy) is 1. The van der Waals surface area contributed by atoms with Crippen molar-refractivity contribution in [3.63, 3.8) is 0 Å². The fraction of sp³-hybridized carbons (Fsp3) is 0.273.